The molecule has 0 atom stereocenters. The largest absolute Gasteiger partial charge is 0.352 e. The summed E-state index contributed by atoms with van der Waals surface area (Å²) in [7, 11) is 0. The zero-order valence-electron chi connectivity index (χ0n) is 82.3. The Morgan fingerprint density at radius 3 is 0.842 bits per heavy atom. The van der Waals surface area contributed by atoms with E-state index in [1.807, 2.05) is 13.8 Å². The second-order valence-corrected chi connectivity index (χ2v) is 52.2. The van der Waals surface area contributed by atoms with E-state index < -0.39 is 0 Å². The van der Waals surface area contributed by atoms with Crippen molar-refractivity contribution >= 4 is 22.7 Å². The van der Waals surface area contributed by atoms with Crippen molar-refractivity contribution in [3.05, 3.63) is 149 Å². The Morgan fingerprint density at radius 1 is 0.350 bits per heavy atom. The van der Waals surface area contributed by atoms with Crippen molar-refractivity contribution in [2.24, 2.45) is 53.3 Å². The Morgan fingerprint density at radius 2 is 0.617 bits per heavy atom. The standard InChI is InChI=1S/C27H40N2.C23H36N2.C21H28N2.C11H18I.C11H24N2.C10H14I.C4H10I.C2H6/c1-18(2)22-11-9-12-23(19(3)4)26(22)28-15-16-29(17-28)27-24(20(5)6)13-10-14-25(27)21(7)8;1-2-25(23-12-19-6-20(13-23)8-21(7-19)14-23)15-24(1)22-9-16-3-17(10-22)5-18(4-16)11-22;1-14-9-16(3)20(17(4)10-14)22-7-8-23(13-22)21-18(5)11-15(2)12-19(21)6;1-12-11-5-8-2-9(6-11)4-10(3-8)7-11;1-10(2,3)12-7-8-13(9-12)11(4,5)6;1-7-5-8(2)10(11-4)9(3)6-7;1-3-4-5-2;1-2/h9-14,18-21H,15-17H2,1-8H3;16-21H,1-15H2;9-12H,7-8,13H2,1-6H3;8-10H,2-7H2,1H3;7-9H2,1-6H3;5-6H,1-4H3;3-4H2,1-2H3;1-2H3/q;;;-1;;2*-1;. The third kappa shape index (κ3) is 23.5. The summed E-state index contributed by atoms with van der Waals surface area (Å²) in [5.74, 6) is 12.2. The van der Waals surface area contributed by atoms with Crippen LogP contribution in [0.25, 0.3) is 0 Å². The number of nitrogens with zero attached hydrogens (tertiary/aromatic N) is 8. The van der Waals surface area contributed by atoms with Crippen molar-refractivity contribution in [1.82, 2.24) is 19.6 Å². The number of benzene rings is 5. The smallest absolute Gasteiger partial charge is 0.0904 e. The average molecular weight is 1980 g/mol. The maximum absolute atomic E-state index is 3.04. The van der Waals surface area contributed by atoms with Gasteiger partial charge in [-0.2, -0.15) is 0 Å². The van der Waals surface area contributed by atoms with Gasteiger partial charge in [0.1, 0.15) is 0 Å². The number of anilines is 4. The van der Waals surface area contributed by atoms with Gasteiger partial charge in [0.2, 0.25) is 0 Å². The normalized spacial score (nSPS) is 28.4. The number of alkyl halides is 5. The first-order valence-electron chi connectivity index (χ1n) is 48.8. The van der Waals surface area contributed by atoms with E-state index in [1.54, 1.807) is 119 Å². The van der Waals surface area contributed by atoms with Gasteiger partial charge in [-0.1, -0.05) is 141 Å². The van der Waals surface area contributed by atoms with Crippen LogP contribution in [-0.2, 0) is 0 Å². The molecule has 0 N–H and O–H groups in total. The van der Waals surface area contributed by atoms with E-state index in [1.165, 1.54) is 157 Å². The van der Waals surface area contributed by atoms with Gasteiger partial charge in [-0.3, -0.25) is 19.6 Å². The van der Waals surface area contributed by atoms with Crippen molar-refractivity contribution in [3.8, 4) is 0 Å². The van der Waals surface area contributed by atoms with Gasteiger partial charge in [-0.25, -0.2) is 0 Å². The molecule has 12 bridgehead atoms. The van der Waals surface area contributed by atoms with Crippen molar-refractivity contribution in [1.29, 1.82) is 0 Å². The predicted octanol–water partition coefficient (Wildman–Crippen LogP) is 17.3. The first kappa shape index (κ1) is 97.9. The Hall–Kier alpha value is -2.67. The van der Waals surface area contributed by atoms with E-state index in [9.17, 15) is 0 Å². The Balaban J connectivity index is 0.000000143. The molecule has 0 unspecified atom stereocenters. The fourth-order valence-electron chi connectivity index (χ4n) is 26.8. The number of halogens is 3. The molecule has 21 rings (SSSR count). The summed E-state index contributed by atoms with van der Waals surface area (Å²) < 4.78 is 4.07. The second-order valence-electron chi connectivity index (χ2n) is 44.1. The van der Waals surface area contributed by atoms with Gasteiger partial charge in [0.15, 0.2) is 0 Å². The van der Waals surface area contributed by atoms with Crippen molar-refractivity contribution < 1.29 is 63.6 Å². The van der Waals surface area contributed by atoms with Crippen LogP contribution in [0.4, 0.5) is 22.7 Å². The van der Waals surface area contributed by atoms with Gasteiger partial charge >= 0.3 is 209 Å². The van der Waals surface area contributed by atoms with Gasteiger partial charge in [0, 0.05) is 97.3 Å². The fraction of sp³-hybridized carbons (Fsp3) is 0.725. The zero-order chi connectivity index (χ0) is 87.3. The molecule has 16 fully saturated rings. The maximum Gasteiger partial charge on any atom is 0.0904 e. The number of rotatable bonds is 14. The topological polar surface area (TPSA) is 25.9 Å². The summed E-state index contributed by atoms with van der Waals surface area (Å²) in [5.41, 5.74) is 26.3. The van der Waals surface area contributed by atoms with E-state index >= 15 is 0 Å². The van der Waals surface area contributed by atoms with Crippen LogP contribution in [0, 0.1) is 119 Å². The molecule has 120 heavy (non-hydrogen) atoms. The molecule has 4 aliphatic heterocycles. The first-order valence-corrected chi connectivity index (χ1v) is 58.9. The second kappa shape index (κ2) is 42.3. The molecule has 8 nitrogen and oxygen atoms in total. The van der Waals surface area contributed by atoms with Gasteiger partial charge < -0.3 is 19.6 Å². The maximum atomic E-state index is 3.04. The van der Waals surface area contributed by atoms with E-state index in [4.69, 9.17) is 0 Å². The molecule has 0 radical (unpaired) electrons. The average Bonchev–Trinajstić information content (AvgIpc) is 1.72. The van der Waals surface area contributed by atoms with Crippen LogP contribution in [0.2, 0.25) is 0 Å². The van der Waals surface area contributed by atoms with Crippen molar-refractivity contribution in [2.45, 2.75) is 351 Å². The Labute approximate surface area is 770 Å². The Bertz CT molecular complexity index is 3680. The molecule has 12 saturated carbocycles. The summed E-state index contributed by atoms with van der Waals surface area (Å²) in [6, 6.07) is 27.6. The van der Waals surface area contributed by atoms with Crippen LogP contribution in [0.3, 0.4) is 0 Å². The van der Waals surface area contributed by atoms with Gasteiger partial charge in [0.05, 0.1) is 26.7 Å². The molecule has 4 heterocycles. The fourth-order valence-corrected chi connectivity index (χ4v) is 33.1. The molecular weight excluding hydrogens is 1800 g/mol. The summed E-state index contributed by atoms with van der Waals surface area (Å²) in [5, 5.41) is 0. The summed E-state index contributed by atoms with van der Waals surface area (Å²) >= 11 is 1.39. The van der Waals surface area contributed by atoms with Gasteiger partial charge in [-0.15, -0.1) is 0 Å². The van der Waals surface area contributed by atoms with Crippen LogP contribution in [0.5, 0.6) is 0 Å². The molecule has 0 spiro atoms. The van der Waals surface area contributed by atoms with E-state index in [2.05, 4.69) is 293 Å². The molecule has 16 aliphatic rings. The van der Waals surface area contributed by atoms with Crippen LogP contribution in [0.15, 0.2) is 72.8 Å². The molecule has 5 aromatic rings. The molecule has 4 saturated heterocycles. The molecule has 11 heteroatoms. The minimum Gasteiger partial charge on any atom is -0.352 e. The minimum atomic E-state index is 0.253. The SMILES string of the molecule is C1C2CC3CC1CC(N1CCN(C45CC6CC(CC(C6)C4)C5)C1)(C2)C3.CC.CC(C)(C)N1CCN(C(C)(C)C)C1.CC(C)c1cccc(C(C)C)c1N1CCN(c2c(C(C)C)cccc2C(C)C)C1.CCC[I-]C.C[I-]C12CC3CC(CC(C3)C1)C2.C[I-]c1c(C)cc(C)cc1C.Cc1cc(C)c(N2CCN(c3c(C)cc(C)cc3C)C2)c(C)c1. The minimum absolute atomic E-state index is 0.253. The third-order valence-corrected chi connectivity index (χ3v) is 39.5. The molecule has 0 amide bonds. The molecule has 676 valence electrons. The van der Waals surface area contributed by atoms with E-state index in [-0.39, 0.29) is 21.2 Å². The molecule has 5 aromatic carbocycles. The van der Waals surface area contributed by atoms with Crippen LogP contribution < -0.4 is 83.2 Å². The number of para-hydroxylation sites is 2. The molecule has 0 aromatic heterocycles. The first-order chi connectivity index (χ1) is 56.8. The van der Waals surface area contributed by atoms with Crippen molar-refractivity contribution in [2.75, 3.05) is 118 Å². The van der Waals surface area contributed by atoms with Crippen LogP contribution >= 0.6 is 0 Å². The number of hydrogen-bond donors (Lipinski definition) is 0. The van der Waals surface area contributed by atoms with Crippen molar-refractivity contribution in [3.63, 3.8) is 0 Å². The molecular formula is C109H176I3N8-3. The molecule has 12 aliphatic carbocycles. The predicted molar refractivity (Wildman–Crippen MR) is 512 cm³/mol. The summed E-state index contributed by atoms with van der Waals surface area (Å²) in [6.07, 6.45) is 30.1. The van der Waals surface area contributed by atoms with Gasteiger partial charge in [-0.05, 0) is 264 Å². The summed E-state index contributed by atoms with van der Waals surface area (Å²) in [6.45, 7) is 72.5. The van der Waals surface area contributed by atoms with Gasteiger partial charge in [0.25, 0.3) is 0 Å². The van der Waals surface area contributed by atoms with Crippen LogP contribution in [-0.4, -0.2) is 143 Å². The summed E-state index contributed by atoms with van der Waals surface area (Å²) in [4.78, 5) is 28.7. The third-order valence-electron chi connectivity index (χ3n) is 30.9. The van der Waals surface area contributed by atoms with Crippen LogP contribution in [0.1, 0.15) is 336 Å². The monoisotopic (exact) mass is 1980 g/mol. The number of aryl methyl sites for hydroxylation is 9. The Kier molecular flexibility index (Phi) is 34.5. The zero-order valence-corrected chi connectivity index (χ0v) is 88.7. The quantitative estimate of drug-likeness (QED) is 0.0802. The number of hydrogen-bond acceptors (Lipinski definition) is 8. The van der Waals surface area contributed by atoms with E-state index in [0.717, 1.165) is 85.1 Å². The van der Waals surface area contributed by atoms with E-state index in [0.29, 0.717) is 88.2 Å².